The van der Waals surface area contributed by atoms with Gasteiger partial charge in [-0.05, 0) is 29.8 Å². The third-order valence-corrected chi connectivity index (χ3v) is 4.96. The number of non-ortho nitro benzene ring substituents is 2. The number of nitro benzene ring substituents is 4. The highest BCUT2D eigenvalue weighted by Gasteiger charge is 2.25. The standard InChI is InChI=1S/C21H15N5O11/c27-21(28)17(22-16-7-3-13(23(29)30)10-18(16)25(33)34)9-12-1-5-15(6-2-12)37-20-8-4-14(24(31)32)11-19(20)26(35)36/h1-8,10-11,17,22H,9H2,(H,27,28)/t17-/m1/s1. The number of aliphatic carboxylic acids is 1. The van der Waals surface area contributed by atoms with E-state index >= 15 is 0 Å². The number of anilines is 1. The van der Waals surface area contributed by atoms with Crippen molar-refractivity contribution < 1.29 is 34.3 Å². The molecule has 3 rings (SSSR count). The molecule has 0 aromatic heterocycles. The van der Waals surface area contributed by atoms with E-state index in [1.807, 2.05) is 0 Å². The summed E-state index contributed by atoms with van der Waals surface area (Å²) < 4.78 is 5.46. The Morgan fingerprint density at radius 1 is 0.784 bits per heavy atom. The van der Waals surface area contributed by atoms with Crippen molar-refractivity contribution in [3.8, 4) is 11.5 Å². The summed E-state index contributed by atoms with van der Waals surface area (Å²) in [6.45, 7) is 0. The fourth-order valence-corrected chi connectivity index (χ4v) is 3.20. The highest BCUT2D eigenvalue weighted by Crippen LogP contribution is 2.35. The Balaban J connectivity index is 1.79. The van der Waals surface area contributed by atoms with Gasteiger partial charge in [0.25, 0.3) is 17.1 Å². The summed E-state index contributed by atoms with van der Waals surface area (Å²) in [5, 5.41) is 56.4. The molecule has 37 heavy (non-hydrogen) atoms. The summed E-state index contributed by atoms with van der Waals surface area (Å²) in [5.74, 6) is -1.49. The molecular formula is C21H15N5O11. The van der Waals surface area contributed by atoms with Gasteiger partial charge in [-0.2, -0.15) is 0 Å². The van der Waals surface area contributed by atoms with Gasteiger partial charge in [0.15, 0.2) is 0 Å². The number of carboxylic acid groups (broad SMARTS) is 1. The third-order valence-electron chi connectivity index (χ3n) is 4.96. The van der Waals surface area contributed by atoms with Gasteiger partial charge in [-0.1, -0.05) is 12.1 Å². The van der Waals surface area contributed by atoms with Crippen LogP contribution in [0, 0.1) is 40.5 Å². The van der Waals surface area contributed by atoms with Gasteiger partial charge in [0.1, 0.15) is 17.5 Å². The number of carboxylic acids is 1. The summed E-state index contributed by atoms with van der Waals surface area (Å²) in [6, 6.07) is 9.93. The van der Waals surface area contributed by atoms with Crippen molar-refractivity contribution in [3.63, 3.8) is 0 Å². The van der Waals surface area contributed by atoms with Gasteiger partial charge in [0.2, 0.25) is 5.75 Å². The minimum Gasteiger partial charge on any atom is -0.480 e. The van der Waals surface area contributed by atoms with Gasteiger partial charge >= 0.3 is 11.7 Å². The van der Waals surface area contributed by atoms with E-state index in [9.17, 15) is 50.4 Å². The Labute approximate surface area is 205 Å². The number of nitrogens with one attached hydrogen (secondary N) is 1. The van der Waals surface area contributed by atoms with E-state index in [4.69, 9.17) is 4.74 Å². The van der Waals surface area contributed by atoms with Gasteiger partial charge in [-0.25, -0.2) is 4.79 Å². The number of rotatable bonds is 11. The number of hydrogen-bond acceptors (Lipinski definition) is 11. The van der Waals surface area contributed by atoms with Gasteiger partial charge in [0, 0.05) is 18.6 Å². The second-order valence-electron chi connectivity index (χ2n) is 7.37. The van der Waals surface area contributed by atoms with Crippen molar-refractivity contribution in [1.29, 1.82) is 0 Å². The normalized spacial score (nSPS) is 11.2. The first-order valence-electron chi connectivity index (χ1n) is 10.1. The quantitative estimate of drug-likeness (QED) is 0.271. The summed E-state index contributed by atoms with van der Waals surface area (Å²) in [5.41, 5.74) is -2.11. The van der Waals surface area contributed by atoms with Crippen LogP contribution in [0.5, 0.6) is 11.5 Å². The predicted octanol–water partition coefficient (Wildman–Crippen LogP) is 4.22. The van der Waals surface area contributed by atoms with Crippen LogP contribution < -0.4 is 10.1 Å². The Morgan fingerprint density at radius 2 is 1.32 bits per heavy atom. The SMILES string of the molecule is O=C(O)[C@@H](Cc1ccc(Oc2ccc([N+](=O)[O-])cc2[N+](=O)[O-])cc1)Nc1ccc([N+](=O)[O-])cc1[N+](=O)[O-]. The molecular weight excluding hydrogens is 498 g/mol. The molecule has 0 spiro atoms. The lowest BCUT2D eigenvalue weighted by Crippen LogP contribution is -2.31. The van der Waals surface area contributed by atoms with Crippen LogP contribution in [0.4, 0.5) is 28.4 Å². The van der Waals surface area contributed by atoms with Crippen molar-refractivity contribution in [2.45, 2.75) is 12.5 Å². The molecule has 0 bridgehead atoms. The van der Waals surface area contributed by atoms with E-state index < -0.39 is 54.5 Å². The molecule has 0 aliphatic carbocycles. The van der Waals surface area contributed by atoms with E-state index in [0.717, 1.165) is 30.3 Å². The van der Waals surface area contributed by atoms with Crippen molar-refractivity contribution in [1.82, 2.24) is 0 Å². The number of nitrogens with zero attached hydrogens (tertiary/aromatic N) is 4. The van der Waals surface area contributed by atoms with Crippen molar-refractivity contribution in [2.24, 2.45) is 0 Å². The van der Waals surface area contributed by atoms with Crippen LogP contribution >= 0.6 is 0 Å². The first-order valence-corrected chi connectivity index (χ1v) is 10.1. The Bertz CT molecular complexity index is 1410. The molecule has 3 aromatic rings. The number of hydrogen-bond donors (Lipinski definition) is 2. The molecule has 0 heterocycles. The van der Waals surface area contributed by atoms with E-state index in [0.29, 0.717) is 11.6 Å². The molecule has 0 aliphatic rings. The Hall–Kier alpha value is -5.67. The predicted molar refractivity (Wildman–Crippen MR) is 125 cm³/mol. The van der Waals surface area contributed by atoms with Crippen LogP contribution in [-0.2, 0) is 11.2 Å². The zero-order valence-electron chi connectivity index (χ0n) is 18.4. The molecule has 1 atom stereocenters. The Kier molecular flexibility index (Phi) is 7.52. The maximum atomic E-state index is 11.8. The van der Waals surface area contributed by atoms with E-state index in [1.165, 1.54) is 24.3 Å². The number of benzene rings is 3. The largest absolute Gasteiger partial charge is 0.480 e. The van der Waals surface area contributed by atoms with Gasteiger partial charge in [-0.3, -0.25) is 40.5 Å². The van der Waals surface area contributed by atoms with Gasteiger partial charge < -0.3 is 15.2 Å². The highest BCUT2D eigenvalue weighted by molar-refractivity contribution is 5.80. The number of carbonyl (C=O) groups is 1. The van der Waals surface area contributed by atoms with E-state index in [-0.39, 0.29) is 23.6 Å². The smallest absolute Gasteiger partial charge is 0.326 e. The van der Waals surface area contributed by atoms with Gasteiger partial charge in [-0.15, -0.1) is 0 Å². The van der Waals surface area contributed by atoms with Crippen molar-refractivity contribution >= 4 is 34.4 Å². The minimum absolute atomic E-state index is 0.117. The van der Waals surface area contributed by atoms with Crippen LogP contribution in [0.25, 0.3) is 0 Å². The molecule has 190 valence electrons. The third kappa shape index (κ3) is 6.27. The number of ether oxygens (including phenoxy) is 1. The molecule has 0 amide bonds. The first-order chi connectivity index (χ1) is 17.5. The minimum atomic E-state index is -1.36. The number of nitro groups is 4. The molecule has 0 saturated carbocycles. The van der Waals surface area contributed by atoms with E-state index in [1.54, 1.807) is 0 Å². The fourth-order valence-electron chi connectivity index (χ4n) is 3.20. The molecule has 0 fully saturated rings. The van der Waals surface area contributed by atoms with E-state index in [2.05, 4.69) is 5.32 Å². The summed E-state index contributed by atoms with van der Waals surface area (Å²) in [7, 11) is 0. The monoisotopic (exact) mass is 513 g/mol. The van der Waals surface area contributed by atoms with Crippen LogP contribution in [0.15, 0.2) is 60.7 Å². The molecule has 2 N–H and O–H groups in total. The Morgan fingerprint density at radius 3 is 1.84 bits per heavy atom. The molecule has 16 nitrogen and oxygen atoms in total. The summed E-state index contributed by atoms with van der Waals surface area (Å²) in [4.78, 5) is 52.8. The van der Waals surface area contributed by atoms with Crippen molar-refractivity contribution in [3.05, 3.63) is 107 Å². The zero-order valence-corrected chi connectivity index (χ0v) is 18.4. The molecule has 0 radical (unpaired) electrons. The lowest BCUT2D eigenvalue weighted by atomic mass is 10.1. The fraction of sp³-hybridized carbons (Fsp3) is 0.0952. The molecule has 3 aromatic carbocycles. The highest BCUT2D eigenvalue weighted by atomic mass is 16.6. The average molecular weight is 513 g/mol. The van der Waals surface area contributed by atoms with Crippen LogP contribution in [0.1, 0.15) is 5.56 Å². The van der Waals surface area contributed by atoms with Crippen molar-refractivity contribution in [2.75, 3.05) is 5.32 Å². The molecule has 0 aliphatic heterocycles. The lowest BCUT2D eigenvalue weighted by molar-refractivity contribution is -0.394. The zero-order chi connectivity index (χ0) is 27.3. The maximum Gasteiger partial charge on any atom is 0.326 e. The summed E-state index contributed by atoms with van der Waals surface area (Å²) >= 11 is 0. The van der Waals surface area contributed by atoms with Crippen LogP contribution in [-0.4, -0.2) is 36.8 Å². The lowest BCUT2D eigenvalue weighted by Gasteiger charge is -2.16. The average Bonchev–Trinajstić information content (AvgIpc) is 2.84. The second-order valence-corrected chi connectivity index (χ2v) is 7.37. The molecule has 16 heteroatoms. The maximum absolute atomic E-state index is 11.8. The molecule has 0 unspecified atom stereocenters. The van der Waals surface area contributed by atoms with Crippen LogP contribution in [0.3, 0.4) is 0 Å². The van der Waals surface area contributed by atoms with Crippen LogP contribution in [0.2, 0.25) is 0 Å². The summed E-state index contributed by atoms with van der Waals surface area (Å²) in [6.07, 6.45) is -0.165. The topological polar surface area (TPSA) is 231 Å². The molecule has 0 saturated heterocycles. The second kappa shape index (κ2) is 10.7. The first kappa shape index (κ1) is 25.9. The van der Waals surface area contributed by atoms with Gasteiger partial charge in [0.05, 0.1) is 31.8 Å².